The van der Waals surface area contributed by atoms with Crippen molar-refractivity contribution in [3.63, 3.8) is 0 Å². The quantitative estimate of drug-likeness (QED) is 0.875. The first-order chi connectivity index (χ1) is 9.10. The van der Waals surface area contributed by atoms with E-state index in [4.69, 9.17) is 4.74 Å². The molecular formula is C15H16O3S. The van der Waals surface area contributed by atoms with Crippen LogP contribution in [-0.2, 0) is 11.3 Å². The van der Waals surface area contributed by atoms with Crippen LogP contribution in [0.15, 0.2) is 23.6 Å². The highest BCUT2D eigenvalue weighted by Crippen LogP contribution is 2.35. The van der Waals surface area contributed by atoms with E-state index < -0.39 is 0 Å². The second-order valence-electron chi connectivity index (χ2n) is 4.34. The number of aliphatic hydroxyl groups is 1. The Hall–Kier alpha value is -1.65. The zero-order valence-corrected chi connectivity index (χ0v) is 12.0. The predicted molar refractivity (Wildman–Crippen MR) is 76.5 cm³/mol. The number of hydrogen-bond acceptors (Lipinski definition) is 4. The summed E-state index contributed by atoms with van der Waals surface area (Å²) >= 11 is 1.52. The van der Waals surface area contributed by atoms with Crippen LogP contribution in [0.3, 0.4) is 0 Å². The summed E-state index contributed by atoms with van der Waals surface area (Å²) < 4.78 is 4.77. The number of aliphatic hydroxyl groups excluding tert-OH is 1. The first-order valence-electron chi connectivity index (χ1n) is 5.96. The summed E-state index contributed by atoms with van der Waals surface area (Å²) in [6.45, 7) is 3.93. The second-order valence-corrected chi connectivity index (χ2v) is 5.22. The summed E-state index contributed by atoms with van der Waals surface area (Å²) in [5.74, 6) is -0.309. The van der Waals surface area contributed by atoms with E-state index in [0.29, 0.717) is 5.56 Å². The summed E-state index contributed by atoms with van der Waals surface area (Å²) in [4.78, 5) is 12.7. The molecule has 0 bridgehead atoms. The van der Waals surface area contributed by atoms with Crippen LogP contribution in [0.5, 0.6) is 0 Å². The number of ether oxygens (including phenoxy) is 1. The lowest BCUT2D eigenvalue weighted by Crippen LogP contribution is -2.01. The van der Waals surface area contributed by atoms with Crippen LogP contribution >= 0.6 is 11.3 Å². The molecule has 0 radical (unpaired) electrons. The van der Waals surface area contributed by atoms with E-state index in [2.05, 4.69) is 0 Å². The number of carbonyl (C=O) groups excluding carboxylic acids is 1. The molecule has 1 aromatic heterocycles. The summed E-state index contributed by atoms with van der Waals surface area (Å²) in [7, 11) is 1.39. The Labute approximate surface area is 116 Å². The lowest BCUT2D eigenvalue weighted by Gasteiger charge is -2.09. The van der Waals surface area contributed by atoms with Crippen molar-refractivity contribution >= 4 is 17.3 Å². The minimum atomic E-state index is -0.309. The molecular weight excluding hydrogens is 260 g/mol. The average molecular weight is 276 g/mol. The smallest absolute Gasteiger partial charge is 0.338 e. The fraction of sp³-hybridized carbons (Fsp3) is 0.267. The molecule has 0 aliphatic heterocycles. The minimum absolute atomic E-state index is 0.0218. The summed E-state index contributed by atoms with van der Waals surface area (Å²) in [5.41, 5.74) is 4.55. The van der Waals surface area contributed by atoms with Crippen molar-refractivity contribution in [3.8, 4) is 10.4 Å². The molecule has 1 aromatic carbocycles. The Morgan fingerprint density at radius 3 is 2.68 bits per heavy atom. The van der Waals surface area contributed by atoms with Gasteiger partial charge < -0.3 is 9.84 Å². The highest BCUT2D eigenvalue weighted by molar-refractivity contribution is 7.14. The van der Waals surface area contributed by atoms with Crippen LogP contribution in [0, 0.1) is 13.8 Å². The van der Waals surface area contributed by atoms with Crippen molar-refractivity contribution in [2.75, 3.05) is 7.11 Å². The standard InChI is InChI=1S/C15H16O3S/c1-9-11(7-16)5-4-6-12(9)14-10(2)13(8-19-14)15(17)18-3/h4-6,8,16H,7H2,1-3H3. The SMILES string of the molecule is COC(=O)c1csc(-c2cccc(CO)c2C)c1C. The normalized spacial score (nSPS) is 10.5. The van der Waals surface area contributed by atoms with Gasteiger partial charge in [0.15, 0.2) is 0 Å². The van der Waals surface area contributed by atoms with Crippen molar-refractivity contribution in [2.45, 2.75) is 20.5 Å². The fourth-order valence-corrected chi connectivity index (χ4v) is 3.24. The fourth-order valence-electron chi connectivity index (χ4n) is 2.09. The van der Waals surface area contributed by atoms with Gasteiger partial charge in [0.1, 0.15) is 0 Å². The van der Waals surface area contributed by atoms with Crippen LogP contribution in [-0.4, -0.2) is 18.2 Å². The van der Waals surface area contributed by atoms with Gasteiger partial charge in [-0.2, -0.15) is 0 Å². The van der Waals surface area contributed by atoms with E-state index >= 15 is 0 Å². The van der Waals surface area contributed by atoms with Crippen molar-refractivity contribution in [1.82, 2.24) is 0 Å². The van der Waals surface area contributed by atoms with Crippen molar-refractivity contribution in [1.29, 1.82) is 0 Å². The molecule has 2 aromatic rings. The third-order valence-corrected chi connectivity index (χ3v) is 4.42. The van der Waals surface area contributed by atoms with E-state index in [9.17, 15) is 9.90 Å². The monoisotopic (exact) mass is 276 g/mol. The van der Waals surface area contributed by atoms with Gasteiger partial charge in [-0.3, -0.25) is 0 Å². The van der Waals surface area contributed by atoms with E-state index in [-0.39, 0.29) is 12.6 Å². The van der Waals surface area contributed by atoms with Gasteiger partial charge in [0.2, 0.25) is 0 Å². The number of hydrogen-bond donors (Lipinski definition) is 1. The largest absolute Gasteiger partial charge is 0.465 e. The summed E-state index contributed by atoms with van der Waals surface area (Å²) in [5, 5.41) is 11.1. The van der Waals surface area contributed by atoms with Crippen LogP contribution in [0.25, 0.3) is 10.4 Å². The molecule has 0 spiro atoms. The first kappa shape index (κ1) is 13.8. The number of thiophene rings is 1. The van der Waals surface area contributed by atoms with Gasteiger partial charge >= 0.3 is 5.97 Å². The predicted octanol–water partition coefficient (Wildman–Crippen LogP) is 3.31. The van der Waals surface area contributed by atoms with Gasteiger partial charge in [0, 0.05) is 10.3 Å². The lowest BCUT2D eigenvalue weighted by molar-refractivity contribution is 0.0600. The van der Waals surface area contributed by atoms with E-state index in [1.807, 2.05) is 37.4 Å². The average Bonchev–Trinajstić information content (AvgIpc) is 2.80. The van der Waals surface area contributed by atoms with Gasteiger partial charge in [0.25, 0.3) is 0 Å². The van der Waals surface area contributed by atoms with Gasteiger partial charge in [-0.15, -0.1) is 11.3 Å². The second kappa shape index (κ2) is 5.55. The highest BCUT2D eigenvalue weighted by Gasteiger charge is 2.17. The number of methoxy groups -OCH3 is 1. The summed E-state index contributed by atoms with van der Waals surface area (Å²) in [6, 6.07) is 5.84. The molecule has 1 heterocycles. The lowest BCUT2D eigenvalue weighted by atomic mass is 9.99. The molecule has 19 heavy (non-hydrogen) atoms. The van der Waals surface area contributed by atoms with Gasteiger partial charge in [-0.1, -0.05) is 18.2 Å². The number of rotatable bonds is 3. The van der Waals surface area contributed by atoms with E-state index in [0.717, 1.165) is 27.1 Å². The third-order valence-electron chi connectivity index (χ3n) is 3.31. The zero-order valence-electron chi connectivity index (χ0n) is 11.2. The topological polar surface area (TPSA) is 46.5 Å². The van der Waals surface area contributed by atoms with E-state index in [1.54, 1.807) is 0 Å². The molecule has 3 nitrogen and oxygen atoms in total. The number of benzene rings is 1. The van der Waals surface area contributed by atoms with Gasteiger partial charge in [0.05, 0.1) is 19.3 Å². The van der Waals surface area contributed by atoms with Crippen molar-refractivity contribution in [2.24, 2.45) is 0 Å². The number of carbonyl (C=O) groups is 1. The molecule has 100 valence electrons. The molecule has 0 fully saturated rings. The minimum Gasteiger partial charge on any atom is -0.465 e. The van der Waals surface area contributed by atoms with Crippen LogP contribution in [0.4, 0.5) is 0 Å². The Balaban J connectivity index is 2.55. The first-order valence-corrected chi connectivity index (χ1v) is 6.84. The molecule has 0 saturated carbocycles. The highest BCUT2D eigenvalue weighted by atomic mass is 32.1. The van der Waals surface area contributed by atoms with Crippen LogP contribution in [0.2, 0.25) is 0 Å². The molecule has 0 atom stereocenters. The Bertz CT molecular complexity index is 614. The van der Waals surface area contributed by atoms with Crippen LogP contribution < -0.4 is 0 Å². The molecule has 0 amide bonds. The molecule has 0 unspecified atom stereocenters. The maximum Gasteiger partial charge on any atom is 0.338 e. The Kier molecular flexibility index (Phi) is 4.02. The number of esters is 1. The Morgan fingerprint density at radius 1 is 1.32 bits per heavy atom. The van der Waals surface area contributed by atoms with E-state index in [1.165, 1.54) is 18.4 Å². The zero-order chi connectivity index (χ0) is 14.0. The van der Waals surface area contributed by atoms with Gasteiger partial charge in [-0.25, -0.2) is 4.79 Å². The molecule has 0 aliphatic carbocycles. The summed E-state index contributed by atoms with van der Waals surface area (Å²) in [6.07, 6.45) is 0. The Morgan fingerprint density at radius 2 is 2.05 bits per heavy atom. The molecule has 4 heteroatoms. The van der Waals surface area contributed by atoms with Gasteiger partial charge in [-0.05, 0) is 36.1 Å². The van der Waals surface area contributed by atoms with Crippen molar-refractivity contribution in [3.05, 3.63) is 45.8 Å². The molecule has 0 aliphatic rings. The molecule has 1 N–H and O–H groups in total. The third kappa shape index (κ3) is 2.41. The van der Waals surface area contributed by atoms with Crippen LogP contribution in [0.1, 0.15) is 27.0 Å². The molecule has 2 rings (SSSR count). The van der Waals surface area contributed by atoms with Crippen molar-refractivity contribution < 1.29 is 14.6 Å². The molecule has 0 saturated heterocycles. The maximum atomic E-state index is 11.6. The maximum absolute atomic E-state index is 11.6.